The Labute approximate surface area is 176 Å². The van der Waals surface area contributed by atoms with Crippen molar-refractivity contribution in [2.24, 2.45) is 14.1 Å². The molecule has 0 bridgehead atoms. The Morgan fingerprint density at radius 1 is 0.433 bits per heavy atom. The van der Waals surface area contributed by atoms with Crippen LogP contribution in [0.5, 0.6) is 0 Å². The standard InChI is InChI=1S/C28H24N2/c1-17-5-9-21-23-11-7-19(15-27(23)29(3)25(21)13-17)20-8-12-24-22-10-6-18(2)14-26(22)30(4)28(24)16-20/h5-16H,1-4H3. The first kappa shape index (κ1) is 17.3. The van der Waals surface area contributed by atoms with Crippen LogP contribution in [0, 0.1) is 13.8 Å². The van der Waals surface area contributed by atoms with Crippen molar-refractivity contribution < 1.29 is 0 Å². The molecule has 2 nitrogen and oxygen atoms in total. The number of fused-ring (bicyclic) bond motifs is 6. The van der Waals surface area contributed by atoms with Crippen molar-refractivity contribution in [2.75, 3.05) is 0 Å². The van der Waals surface area contributed by atoms with Crippen molar-refractivity contribution in [1.29, 1.82) is 0 Å². The number of hydrogen-bond acceptors (Lipinski definition) is 0. The van der Waals surface area contributed by atoms with Crippen molar-refractivity contribution >= 4 is 43.6 Å². The van der Waals surface area contributed by atoms with Gasteiger partial charge in [0.1, 0.15) is 0 Å². The number of aryl methyl sites for hydroxylation is 4. The third kappa shape index (κ3) is 2.31. The first-order valence-electron chi connectivity index (χ1n) is 10.5. The third-order valence-corrected chi connectivity index (χ3v) is 6.66. The minimum Gasteiger partial charge on any atom is -0.344 e. The lowest BCUT2D eigenvalue weighted by molar-refractivity contribution is 1.01. The highest BCUT2D eigenvalue weighted by molar-refractivity contribution is 6.11. The molecule has 146 valence electrons. The van der Waals surface area contributed by atoms with Gasteiger partial charge >= 0.3 is 0 Å². The van der Waals surface area contributed by atoms with Crippen molar-refractivity contribution in [3.05, 3.63) is 83.9 Å². The van der Waals surface area contributed by atoms with E-state index in [2.05, 4.69) is 110 Å². The Morgan fingerprint density at radius 2 is 0.767 bits per heavy atom. The summed E-state index contributed by atoms with van der Waals surface area (Å²) in [6, 6.07) is 27.2. The monoisotopic (exact) mass is 388 g/mol. The Kier molecular flexibility index (Phi) is 3.47. The van der Waals surface area contributed by atoms with Crippen molar-refractivity contribution in [3.8, 4) is 11.1 Å². The van der Waals surface area contributed by atoms with Crippen LogP contribution in [-0.2, 0) is 14.1 Å². The fourth-order valence-corrected chi connectivity index (χ4v) is 4.99. The molecule has 0 aliphatic heterocycles. The maximum atomic E-state index is 2.33. The molecule has 30 heavy (non-hydrogen) atoms. The SMILES string of the molecule is Cc1ccc2c3ccc(-c4ccc5c6ccc(C)cc6n(C)c5c4)cc3n(C)c2c1. The van der Waals surface area contributed by atoms with E-state index in [-0.39, 0.29) is 0 Å². The van der Waals surface area contributed by atoms with Gasteiger partial charge in [-0.05, 0) is 60.4 Å². The predicted octanol–water partition coefficient (Wildman–Crippen LogP) is 7.26. The maximum absolute atomic E-state index is 2.33. The van der Waals surface area contributed by atoms with Crippen molar-refractivity contribution in [1.82, 2.24) is 9.13 Å². The molecule has 2 heterocycles. The number of hydrogen-bond donors (Lipinski definition) is 0. The predicted molar refractivity (Wildman–Crippen MR) is 129 cm³/mol. The van der Waals surface area contributed by atoms with Gasteiger partial charge in [-0.15, -0.1) is 0 Å². The fourth-order valence-electron chi connectivity index (χ4n) is 4.99. The molecule has 0 radical (unpaired) electrons. The third-order valence-electron chi connectivity index (χ3n) is 6.66. The van der Waals surface area contributed by atoms with Crippen molar-refractivity contribution in [2.45, 2.75) is 13.8 Å². The maximum Gasteiger partial charge on any atom is 0.0494 e. The zero-order valence-electron chi connectivity index (χ0n) is 17.8. The minimum absolute atomic E-state index is 1.26. The molecule has 0 N–H and O–H groups in total. The van der Waals surface area contributed by atoms with Crippen LogP contribution >= 0.6 is 0 Å². The largest absolute Gasteiger partial charge is 0.344 e. The van der Waals surface area contributed by atoms with Gasteiger partial charge in [0.2, 0.25) is 0 Å². The molecule has 6 rings (SSSR count). The molecule has 0 spiro atoms. The smallest absolute Gasteiger partial charge is 0.0494 e. The molecule has 0 fully saturated rings. The molecular formula is C28H24N2. The van der Waals surface area contributed by atoms with E-state index in [1.807, 2.05) is 0 Å². The van der Waals surface area contributed by atoms with E-state index in [4.69, 9.17) is 0 Å². The van der Waals surface area contributed by atoms with E-state index >= 15 is 0 Å². The summed E-state index contributed by atoms with van der Waals surface area (Å²) in [6.07, 6.45) is 0. The molecule has 0 aliphatic carbocycles. The summed E-state index contributed by atoms with van der Waals surface area (Å²) in [6.45, 7) is 4.31. The molecule has 0 aliphatic rings. The van der Waals surface area contributed by atoms with Crippen LogP contribution in [0.4, 0.5) is 0 Å². The Morgan fingerprint density at radius 3 is 1.17 bits per heavy atom. The minimum atomic E-state index is 1.26. The molecule has 4 aromatic carbocycles. The second-order valence-corrected chi connectivity index (χ2v) is 8.62. The number of benzene rings is 4. The molecule has 0 atom stereocenters. The zero-order valence-corrected chi connectivity index (χ0v) is 17.8. The molecule has 2 heteroatoms. The van der Waals surface area contributed by atoms with Gasteiger partial charge in [-0.2, -0.15) is 0 Å². The molecular weight excluding hydrogens is 364 g/mol. The van der Waals surface area contributed by atoms with Gasteiger partial charge in [0.15, 0.2) is 0 Å². The molecule has 0 amide bonds. The van der Waals surface area contributed by atoms with E-state index in [1.165, 1.54) is 65.9 Å². The average Bonchev–Trinajstić information content (AvgIpc) is 3.19. The zero-order chi connectivity index (χ0) is 20.6. The summed E-state index contributed by atoms with van der Waals surface area (Å²) >= 11 is 0. The highest BCUT2D eigenvalue weighted by Gasteiger charge is 2.12. The van der Waals surface area contributed by atoms with Crippen LogP contribution in [0.3, 0.4) is 0 Å². The number of aromatic nitrogens is 2. The molecule has 6 aromatic rings. The molecule has 2 aromatic heterocycles. The second-order valence-electron chi connectivity index (χ2n) is 8.62. The number of rotatable bonds is 1. The summed E-state index contributed by atoms with van der Waals surface area (Å²) in [5.74, 6) is 0. The van der Waals surface area contributed by atoms with Crippen LogP contribution in [0.1, 0.15) is 11.1 Å². The van der Waals surface area contributed by atoms with Crippen LogP contribution < -0.4 is 0 Å². The van der Waals surface area contributed by atoms with Gasteiger partial charge in [0.05, 0.1) is 0 Å². The Balaban J connectivity index is 1.59. The summed E-state index contributed by atoms with van der Waals surface area (Å²) in [7, 11) is 4.34. The van der Waals surface area contributed by atoms with Gasteiger partial charge < -0.3 is 9.13 Å². The van der Waals surface area contributed by atoms with Gasteiger partial charge in [-0.3, -0.25) is 0 Å². The van der Waals surface area contributed by atoms with Crippen LogP contribution in [0.2, 0.25) is 0 Å². The van der Waals surface area contributed by atoms with Gasteiger partial charge in [-0.1, -0.05) is 48.5 Å². The highest BCUT2D eigenvalue weighted by atomic mass is 14.9. The lowest BCUT2D eigenvalue weighted by atomic mass is 10.0. The summed E-state index contributed by atoms with van der Waals surface area (Å²) in [5.41, 5.74) is 10.3. The summed E-state index contributed by atoms with van der Waals surface area (Å²) in [4.78, 5) is 0. The lowest BCUT2D eigenvalue weighted by Crippen LogP contribution is -1.89. The van der Waals surface area contributed by atoms with E-state index in [0.717, 1.165) is 0 Å². The van der Waals surface area contributed by atoms with E-state index in [0.29, 0.717) is 0 Å². The fraction of sp³-hybridized carbons (Fsp3) is 0.143. The molecule has 0 saturated carbocycles. The van der Waals surface area contributed by atoms with Crippen LogP contribution in [-0.4, -0.2) is 9.13 Å². The first-order valence-corrected chi connectivity index (χ1v) is 10.5. The van der Waals surface area contributed by atoms with Gasteiger partial charge in [-0.25, -0.2) is 0 Å². The first-order chi connectivity index (χ1) is 14.5. The van der Waals surface area contributed by atoms with E-state index < -0.39 is 0 Å². The lowest BCUT2D eigenvalue weighted by Gasteiger charge is -2.06. The topological polar surface area (TPSA) is 9.86 Å². The average molecular weight is 389 g/mol. The normalized spacial score (nSPS) is 12.0. The quantitative estimate of drug-likeness (QED) is 0.280. The second kappa shape index (κ2) is 5.99. The number of nitrogens with zero attached hydrogens (tertiary/aromatic N) is 2. The van der Waals surface area contributed by atoms with Gasteiger partial charge in [0, 0.05) is 57.7 Å². The van der Waals surface area contributed by atoms with E-state index in [9.17, 15) is 0 Å². The molecule has 0 unspecified atom stereocenters. The highest BCUT2D eigenvalue weighted by Crippen LogP contribution is 2.35. The van der Waals surface area contributed by atoms with E-state index in [1.54, 1.807) is 0 Å². The molecule has 0 saturated heterocycles. The summed E-state index contributed by atoms with van der Waals surface area (Å²) < 4.78 is 4.64. The van der Waals surface area contributed by atoms with Crippen molar-refractivity contribution in [3.63, 3.8) is 0 Å². The Hall–Kier alpha value is -3.52. The van der Waals surface area contributed by atoms with Gasteiger partial charge in [0.25, 0.3) is 0 Å². The van der Waals surface area contributed by atoms with Crippen LogP contribution in [0.25, 0.3) is 54.7 Å². The summed E-state index contributed by atoms with van der Waals surface area (Å²) in [5, 5.41) is 5.28. The van der Waals surface area contributed by atoms with Crippen LogP contribution in [0.15, 0.2) is 72.8 Å². The Bertz CT molecular complexity index is 1500.